The maximum atomic E-state index is 13.2. The van der Waals surface area contributed by atoms with Gasteiger partial charge in [0.1, 0.15) is 5.82 Å². The molecule has 90 valence electrons. The first kappa shape index (κ1) is 13.4. The van der Waals surface area contributed by atoms with Crippen molar-refractivity contribution in [3.05, 3.63) is 34.6 Å². The number of hydrogen-bond donors (Lipinski definition) is 2. The van der Waals surface area contributed by atoms with E-state index in [0.717, 1.165) is 0 Å². The lowest BCUT2D eigenvalue weighted by Crippen LogP contribution is -2.27. The highest BCUT2D eigenvalue weighted by Gasteiger charge is 2.18. The molecule has 0 aliphatic heterocycles. The summed E-state index contributed by atoms with van der Waals surface area (Å²) in [6, 6.07) is 3.79. The van der Waals surface area contributed by atoms with Gasteiger partial charge in [-0.2, -0.15) is 0 Å². The summed E-state index contributed by atoms with van der Waals surface area (Å²) in [7, 11) is 0. The third-order valence-corrected chi connectivity index (χ3v) is 2.76. The van der Waals surface area contributed by atoms with Crippen molar-refractivity contribution < 1.29 is 9.50 Å². The van der Waals surface area contributed by atoms with E-state index in [1.807, 2.05) is 13.8 Å². The third kappa shape index (κ3) is 3.44. The first-order valence-corrected chi connectivity index (χ1v) is 5.68. The fourth-order valence-electron chi connectivity index (χ4n) is 1.57. The number of hydrogen-bond acceptors (Lipinski definition) is 2. The van der Waals surface area contributed by atoms with E-state index in [4.69, 9.17) is 17.3 Å². The van der Waals surface area contributed by atoms with Crippen molar-refractivity contribution in [3.63, 3.8) is 0 Å². The summed E-state index contributed by atoms with van der Waals surface area (Å²) in [5.41, 5.74) is 6.41. The average molecular weight is 246 g/mol. The van der Waals surface area contributed by atoms with Crippen molar-refractivity contribution in [2.75, 3.05) is 0 Å². The van der Waals surface area contributed by atoms with Gasteiger partial charge in [0.15, 0.2) is 0 Å². The molecule has 3 N–H and O–H groups in total. The second kappa shape index (κ2) is 5.62. The molecule has 0 aliphatic carbocycles. The molecular weight excluding hydrogens is 229 g/mol. The number of aliphatic hydroxyl groups is 1. The van der Waals surface area contributed by atoms with Gasteiger partial charge < -0.3 is 10.8 Å². The smallest absolute Gasteiger partial charge is 0.142 e. The molecule has 0 bridgehead atoms. The molecule has 1 aromatic carbocycles. The standard InChI is InChI=1S/C12H17ClFNO/c1-7(2)5-11(16)12(15)8-3-4-9(13)10(14)6-8/h3-4,6-7,11-12,16H,5,15H2,1-2H3/t11-,12+/m0/s1. The summed E-state index contributed by atoms with van der Waals surface area (Å²) in [5.74, 6) is -0.162. The number of rotatable bonds is 4. The summed E-state index contributed by atoms with van der Waals surface area (Å²) in [6.45, 7) is 4.00. The van der Waals surface area contributed by atoms with Gasteiger partial charge in [0.2, 0.25) is 0 Å². The molecule has 0 saturated carbocycles. The highest BCUT2D eigenvalue weighted by Crippen LogP contribution is 2.23. The van der Waals surface area contributed by atoms with Crippen LogP contribution in [0.2, 0.25) is 5.02 Å². The first-order chi connectivity index (χ1) is 7.41. The fourth-order valence-corrected chi connectivity index (χ4v) is 1.69. The Balaban J connectivity index is 2.79. The van der Waals surface area contributed by atoms with Gasteiger partial charge in [0.05, 0.1) is 17.2 Å². The second-order valence-corrected chi connectivity index (χ2v) is 4.80. The van der Waals surface area contributed by atoms with Crippen molar-refractivity contribution in [1.82, 2.24) is 0 Å². The molecule has 4 heteroatoms. The molecule has 0 amide bonds. The minimum absolute atomic E-state index is 0.0642. The van der Waals surface area contributed by atoms with Gasteiger partial charge in [-0.25, -0.2) is 4.39 Å². The zero-order valence-corrected chi connectivity index (χ0v) is 10.2. The normalized spacial score (nSPS) is 15.2. The van der Waals surface area contributed by atoms with Gasteiger partial charge in [0, 0.05) is 0 Å². The van der Waals surface area contributed by atoms with Crippen LogP contribution in [0.15, 0.2) is 18.2 Å². The lowest BCUT2D eigenvalue weighted by atomic mass is 9.95. The maximum absolute atomic E-state index is 13.2. The molecule has 0 unspecified atom stereocenters. The second-order valence-electron chi connectivity index (χ2n) is 4.40. The quantitative estimate of drug-likeness (QED) is 0.857. The largest absolute Gasteiger partial charge is 0.391 e. The lowest BCUT2D eigenvalue weighted by Gasteiger charge is -2.21. The van der Waals surface area contributed by atoms with E-state index in [0.29, 0.717) is 17.9 Å². The summed E-state index contributed by atoms with van der Waals surface area (Å²) < 4.78 is 13.2. The molecule has 1 aromatic rings. The molecule has 0 aliphatic rings. The number of aliphatic hydroxyl groups excluding tert-OH is 1. The Morgan fingerprint density at radius 3 is 2.56 bits per heavy atom. The molecule has 0 aromatic heterocycles. The van der Waals surface area contributed by atoms with Crippen LogP contribution in [-0.4, -0.2) is 11.2 Å². The molecule has 0 radical (unpaired) electrons. The Morgan fingerprint density at radius 2 is 2.06 bits per heavy atom. The molecule has 0 spiro atoms. The number of halogens is 2. The minimum atomic E-state index is -0.666. The SMILES string of the molecule is CC(C)C[C@H](O)[C@H](N)c1ccc(Cl)c(F)c1. The molecule has 0 saturated heterocycles. The van der Waals surface area contributed by atoms with Crippen LogP contribution in [0.5, 0.6) is 0 Å². The van der Waals surface area contributed by atoms with Crippen LogP contribution in [0.3, 0.4) is 0 Å². The van der Waals surface area contributed by atoms with Crippen LogP contribution >= 0.6 is 11.6 Å². The van der Waals surface area contributed by atoms with E-state index in [1.165, 1.54) is 12.1 Å². The Morgan fingerprint density at radius 1 is 1.44 bits per heavy atom. The van der Waals surface area contributed by atoms with E-state index in [-0.39, 0.29) is 5.02 Å². The van der Waals surface area contributed by atoms with Crippen molar-refractivity contribution in [2.45, 2.75) is 32.4 Å². The van der Waals surface area contributed by atoms with Crippen LogP contribution in [0.4, 0.5) is 4.39 Å². The summed E-state index contributed by atoms with van der Waals surface area (Å²) in [6.07, 6.45) is -0.0774. The number of benzene rings is 1. The van der Waals surface area contributed by atoms with Crippen LogP contribution in [0, 0.1) is 11.7 Å². The maximum Gasteiger partial charge on any atom is 0.142 e. The van der Waals surface area contributed by atoms with Crippen LogP contribution in [0.1, 0.15) is 31.9 Å². The predicted octanol–water partition coefficient (Wildman–Crippen LogP) is 2.89. The van der Waals surface area contributed by atoms with E-state index in [2.05, 4.69) is 0 Å². The first-order valence-electron chi connectivity index (χ1n) is 5.30. The minimum Gasteiger partial charge on any atom is -0.391 e. The average Bonchev–Trinajstić information content (AvgIpc) is 2.20. The van der Waals surface area contributed by atoms with Crippen molar-refractivity contribution in [2.24, 2.45) is 11.7 Å². The van der Waals surface area contributed by atoms with Gasteiger partial charge in [0.25, 0.3) is 0 Å². The molecule has 2 atom stereocenters. The van der Waals surface area contributed by atoms with E-state index < -0.39 is 18.0 Å². The third-order valence-electron chi connectivity index (χ3n) is 2.46. The highest BCUT2D eigenvalue weighted by molar-refractivity contribution is 6.30. The zero-order valence-electron chi connectivity index (χ0n) is 9.45. The molecule has 16 heavy (non-hydrogen) atoms. The fraction of sp³-hybridized carbons (Fsp3) is 0.500. The zero-order chi connectivity index (χ0) is 12.3. The van der Waals surface area contributed by atoms with Gasteiger partial charge in [-0.05, 0) is 30.0 Å². The van der Waals surface area contributed by atoms with Crippen molar-refractivity contribution >= 4 is 11.6 Å². The molecule has 2 nitrogen and oxygen atoms in total. The Hall–Kier alpha value is -0.640. The topological polar surface area (TPSA) is 46.2 Å². The van der Waals surface area contributed by atoms with Gasteiger partial charge in [-0.1, -0.05) is 31.5 Å². The summed E-state index contributed by atoms with van der Waals surface area (Å²) in [4.78, 5) is 0. The Bertz CT molecular complexity index is 357. The molecule has 0 heterocycles. The highest BCUT2D eigenvalue weighted by atomic mass is 35.5. The van der Waals surface area contributed by atoms with Gasteiger partial charge in [-0.15, -0.1) is 0 Å². The van der Waals surface area contributed by atoms with Crippen molar-refractivity contribution in [3.8, 4) is 0 Å². The monoisotopic (exact) mass is 245 g/mol. The Labute approximate surface area is 100 Å². The Kier molecular flexibility index (Phi) is 4.71. The van der Waals surface area contributed by atoms with E-state index >= 15 is 0 Å². The van der Waals surface area contributed by atoms with Crippen LogP contribution in [-0.2, 0) is 0 Å². The van der Waals surface area contributed by atoms with Crippen molar-refractivity contribution in [1.29, 1.82) is 0 Å². The van der Waals surface area contributed by atoms with Gasteiger partial charge in [-0.3, -0.25) is 0 Å². The van der Waals surface area contributed by atoms with Crippen LogP contribution < -0.4 is 5.73 Å². The number of nitrogens with two attached hydrogens (primary N) is 1. The lowest BCUT2D eigenvalue weighted by molar-refractivity contribution is 0.121. The molecule has 0 fully saturated rings. The molecular formula is C12H17ClFNO. The van der Waals surface area contributed by atoms with E-state index in [1.54, 1.807) is 6.07 Å². The summed E-state index contributed by atoms with van der Waals surface area (Å²) >= 11 is 5.57. The summed E-state index contributed by atoms with van der Waals surface area (Å²) in [5, 5.41) is 9.89. The van der Waals surface area contributed by atoms with Crippen LogP contribution in [0.25, 0.3) is 0 Å². The molecule has 1 rings (SSSR count). The van der Waals surface area contributed by atoms with Gasteiger partial charge >= 0.3 is 0 Å². The predicted molar refractivity (Wildman–Crippen MR) is 63.8 cm³/mol. The van der Waals surface area contributed by atoms with E-state index in [9.17, 15) is 9.50 Å².